The van der Waals surface area contributed by atoms with E-state index in [2.05, 4.69) is 0 Å². The van der Waals surface area contributed by atoms with Gasteiger partial charge in [0, 0.05) is 24.2 Å². The minimum atomic E-state index is -1.30. The Kier molecular flexibility index (Phi) is 6.61. The number of hydrogen-bond acceptors (Lipinski definition) is 6. The number of piperazine rings is 1. The summed E-state index contributed by atoms with van der Waals surface area (Å²) < 4.78 is 0. The molecular formula is C22H26N10O2. The first-order valence-electron chi connectivity index (χ1n) is 10.2. The summed E-state index contributed by atoms with van der Waals surface area (Å²) in [6.45, 7) is 0.0237. The fourth-order valence-electron chi connectivity index (χ4n) is 3.79. The average molecular weight is 463 g/mol. The highest BCUT2D eigenvalue weighted by atomic mass is 16.2. The number of benzene rings is 2. The molecule has 2 aromatic carbocycles. The van der Waals surface area contributed by atoms with Crippen LogP contribution in [0.3, 0.4) is 0 Å². The van der Waals surface area contributed by atoms with E-state index < -0.39 is 23.9 Å². The third kappa shape index (κ3) is 4.70. The zero-order valence-corrected chi connectivity index (χ0v) is 18.2. The molecule has 1 aliphatic heterocycles. The van der Waals surface area contributed by atoms with Crippen LogP contribution in [0.2, 0.25) is 0 Å². The lowest BCUT2D eigenvalue weighted by Gasteiger charge is -2.46. The van der Waals surface area contributed by atoms with Crippen LogP contribution in [0.5, 0.6) is 0 Å². The van der Waals surface area contributed by atoms with Crippen molar-refractivity contribution in [3.05, 3.63) is 70.8 Å². The summed E-state index contributed by atoms with van der Waals surface area (Å²) in [5, 5.41) is 32.3. The van der Waals surface area contributed by atoms with Crippen LogP contribution in [0.25, 0.3) is 0 Å². The van der Waals surface area contributed by atoms with E-state index in [0.29, 0.717) is 22.3 Å². The van der Waals surface area contributed by atoms with Crippen LogP contribution in [-0.4, -0.2) is 57.0 Å². The third-order valence-corrected chi connectivity index (χ3v) is 5.53. The number of primary amides is 2. The lowest BCUT2D eigenvalue weighted by Crippen LogP contribution is -2.69. The second-order valence-corrected chi connectivity index (χ2v) is 7.86. The summed E-state index contributed by atoms with van der Waals surface area (Å²) in [7, 11) is 0. The van der Waals surface area contributed by atoms with Gasteiger partial charge in [-0.3, -0.25) is 31.2 Å². The molecule has 0 aromatic heterocycles. The first-order valence-corrected chi connectivity index (χ1v) is 10.2. The number of amidine groups is 4. The second-order valence-electron chi connectivity index (χ2n) is 7.86. The minimum absolute atomic E-state index is 0.0118. The predicted molar refractivity (Wildman–Crippen MR) is 127 cm³/mol. The average Bonchev–Trinajstić information content (AvgIpc) is 2.77. The molecule has 1 fully saturated rings. The molecule has 2 atom stereocenters. The molecule has 34 heavy (non-hydrogen) atoms. The summed E-state index contributed by atoms with van der Waals surface area (Å²) in [5.74, 6) is -2.43. The van der Waals surface area contributed by atoms with Crippen LogP contribution in [0.4, 0.5) is 0 Å². The van der Waals surface area contributed by atoms with Crippen molar-refractivity contribution in [3.8, 4) is 0 Å². The lowest BCUT2D eigenvalue weighted by atomic mass is 9.99. The molecule has 0 bridgehead atoms. The number of carbonyl (C=O) groups is 2. The molecule has 2 unspecified atom stereocenters. The van der Waals surface area contributed by atoms with Gasteiger partial charge in [-0.25, -0.2) is 0 Å². The molecule has 1 saturated heterocycles. The van der Waals surface area contributed by atoms with Crippen LogP contribution in [0.1, 0.15) is 22.3 Å². The van der Waals surface area contributed by atoms with E-state index in [4.69, 9.17) is 44.6 Å². The zero-order chi connectivity index (χ0) is 25.2. The van der Waals surface area contributed by atoms with Gasteiger partial charge in [0.15, 0.2) is 12.1 Å². The van der Waals surface area contributed by atoms with Crippen molar-refractivity contribution in [1.29, 1.82) is 21.6 Å². The Hall–Kier alpha value is -4.74. The van der Waals surface area contributed by atoms with E-state index in [1.54, 1.807) is 48.5 Å². The molecular weight excluding hydrogens is 436 g/mol. The smallest absolute Gasteiger partial charge is 0.248 e. The van der Waals surface area contributed by atoms with Crippen molar-refractivity contribution in [2.75, 3.05) is 0 Å². The Bertz CT molecular complexity index is 1080. The van der Waals surface area contributed by atoms with Gasteiger partial charge in [0.05, 0.1) is 0 Å². The third-order valence-electron chi connectivity index (χ3n) is 5.53. The topological polar surface area (TPSA) is 240 Å². The number of nitrogens with two attached hydrogens (primary N) is 4. The van der Waals surface area contributed by atoms with Gasteiger partial charge in [0.25, 0.3) is 0 Å². The van der Waals surface area contributed by atoms with Gasteiger partial charge in [-0.1, -0.05) is 48.5 Å². The molecule has 12 heteroatoms. The van der Waals surface area contributed by atoms with E-state index in [0.717, 1.165) is 0 Å². The second kappa shape index (κ2) is 9.40. The van der Waals surface area contributed by atoms with Crippen molar-refractivity contribution in [2.24, 2.45) is 22.9 Å². The number of nitrogen functional groups attached to an aromatic ring is 2. The number of carbonyl (C=O) groups excluding carboxylic acids is 2. The predicted octanol–water partition coefficient (Wildman–Crippen LogP) is -0.765. The van der Waals surface area contributed by atoms with Gasteiger partial charge >= 0.3 is 0 Å². The Labute approximate surface area is 195 Å². The van der Waals surface area contributed by atoms with Crippen LogP contribution in [0, 0.1) is 21.6 Å². The highest BCUT2D eigenvalue weighted by Gasteiger charge is 2.46. The van der Waals surface area contributed by atoms with Crippen LogP contribution >= 0.6 is 0 Å². The highest BCUT2D eigenvalue weighted by molar-refractivity contribution is 6.17. The van der Waals surface area contributed by atoms with Gasteiger partial charge in [0.1, 0.15) is 23.3 Å². The van der Waals surface area contributed by atoms with Gasteiger partial charge in [-0.05, 0) is 11.1 Å². The van der Waals surface area contributed by atoms with Crippen molar-refractivity contribution in [3.63, 3.8) is 0 Å². The normalized spacial score (nSPS) is 18.0. The first kappa shape index (κ1) is 23.9. The van der Waals surface area contributed by atoms with Gasteiger partial charge in [-0.2, -0.15) is 0 Å². The summed E-state index contributed by atoms with van der Waals surface area (Å²) >= 11 is 0. The van der Waals surface area contributed by atoms with Crippen molar-refractivity contribution >= 4 is 35.2 Å². The van der Waals surface area contributed by atoms with Crippen LogP contribution in [0.15, 0.2) is 48.5 Å². The van der Waals surface area contributed by atoms with Crippen molar-refractivity contribution < 1.29 is 9.59 Å². The monoisotopic (exact) mass is 462 g/mol. The summed E-state index contributed by atoms with van der Waals surface area (Å²) in [6, 6.07) is 10.6. The molecule has 12 nitrogen and oxygen atoms in total. The highest BCUT2D eigenvalue weighted by Crippen LogP contribution is 2.24. The molecule has 3 rings (SSSR count). The van der Waals surface area contributed by atoms with Crippen molar-refractivity contribution in [2.45, 2.75) is 25.2 Å². The SMILES string of the molecule is N=C(N)c1ccc(CN2C(=N)C(C(N)=O)N(Cc3ccc(C(=N)N)cc3)C(=N)C2C(N)=O)cc1. The molecule has 2 aromatic rings. The molecule has 176 valence electrons. The first-order chi connectivity index (χ1) is 16.0. The van der Waals surface area contributed by atoms with E-state index in [9.17, 15) is 9.59 Å². The number of rotatable bonds is 8. The van der Waals surface area contributed by atoms with Crippen LogP contribution < -0.4 is 22.9 Å². The zero-order valence-electron chi connectivity index (χ0n) is 18.2. The molecule has 0 saturated carbocycles. The molecule has 12 N–H and O–H groups in total. The lowest BCUT2D eigenvalue weighted by molar-refractivity contribution is -0.124. The van der Waals surface area contributed by atoms with Crippen molar-refractivity contribution in [1.82, 2.24) is 9.80 Å². The molecule has 1 aliphatic rings. The van der Waals surface area contributed by atoms with E-state index >= 15 is 0 Å². The van der Waals surface area contributed by atoms with Crippen LogP contribution in [-0.2, 0) is 22.7 Å². The minimum Gasteiger partial charge on any atom is -0.384 e. The Morgan fingerprint density at radius 1 is 0.647 bits per heavy atom. The maximum atomic E-state index is 12.4. The fourth-order valence-corrected chi connectivity index (χ4v) is 3.79. The maximum Gasteiger partial charge on any atom is 0.248 e. The Morgan fingerprint density at radius 3 is 1.18 bits per heavy atom. The quantitative estimate of drug-likeness (QED) is 0.185. The van der Waals surface area contributed by atoms with E-state index in [-0.39, 0.29) is 36.4 Å². The molecule has 0 aliphatic carbocycles. The largest absolute Gasteiger partial charge is 0.384 e. The Balaban J connectivity index is 1.94. The summed E-state index contributed by atoms with van der Waals surface area (Å²) in [5.41, 5.74) is 24.5. The summed E-state index contributed by atoms with van der Waals surface area (Å²) in [6.07, 6.45) is 0. The van der Waals surface area contributed by atoms with E-state index in [1.807, 2.05) is 0 Å². The van der Waals surface area contributed by atoms with Gasteiger partial charge in [0.2, 0.25) is 11.8 Å². The standard InChI is InChI=1S/C22H26N10O2/c23-17(24)13-5-1-11(2-6-13)9-31-15(21(29)33)20(28)32(16(19(31)27)22(30)34)10-12-3-7-14(8-4-12)18(25)26/h1-8,15-16,27-28H,9-10H2,(H3,23,24)(H3,25,26)(H2,29,33)(H2,30,34). The number of amides is 2. The van der Waals surface area contributed by atoms with Gasteiger partial charge in [-0.15, -0.1) is 0 Å². The fraction of sp³-hybridized carbons (Fsp3) is 0.182. The molecule has 0 radical (unpaired) electrons. The number of nitrogens with zero attached hydrogens (tertiary/aromatic N) is 2. The molecule has 2 amide bonds. The van der Waals surface area contributed by atoms with Gasteiger partial charge < -0.3 is 32.7 Å². The molecule has 0 spiro atoms. The number of nitrogens with one attached hydrogen (secondary N) is 4. The maximum absolute atomic E-state index is 12.4. The number of hydrogen-bond donors (Lipinski definition) is 8. The Morgan fingerprint density at radius 2 is 0.941 bits per heavy atom. The molecule has 1 heterocycles. The van der Waals surface area contributed by atoms with E-state index in [1.165, 1.54) is 9.80 Å². The summed E-state index contributed by atoms with van der Waals surface area (Å²) in [4.78, 5) is 27.3.